The van der Waals surface area contributed by atoms with Gasteiger partial charge in [-0.25, -0.2) is 0 Å². The molecule has 0 aromatic heterocycles. The first-order chi connectivity index (χ1) is 13.0. The van der Waals surface area contributed by atoms with Crippen LogP contribution < -0.4 is 0 Å². The van der Waals surface area contributed by atoms with Crippen molar-refractivity contribution in [2.24, 2.45) is 0 Å². The van der Waals surface area contributed by atoms with E-state index in [4.69, 9.17) is 0 Å². The van der Waals surface area contributed by atoms with Crippen LogP contribution in [0.3, 0.4) is 0 Å². The minimum Gasteiger partial charge on any atom is -0.340 e. The standard InChI is InChI=1S/C21H23BrN2O2S/c1-16-4-2-5-17(14-16)21(26)24-11-3-10-23(12-13-24)20(25)15-27-19-8-6-18(22)7-9-19/h2,4-9,14H,3,10-13,15H2,1H3. The molecule has 1 aliphatic heterocycles. The van der Waals surface area contributed by atoms with Crippen LogP contribution in [0.4, 0.5) is 0 Å². The Bertz CT molecular complexity index is 810. The van der Waals surface area contributed by atoms with Crippen LogP contribution in [0.1, 0.15) is 22.3 Å². The van der Waals surface area contributed by atoms with Crippen molar-refractivity contribution in [1.29, 1.82) is 0 Å². The van der Waals surface area contributed by atoms with Gasteiger partial charge in [0.25, 0.3) is 5.91 Å². The fraction of sp³-hybridized carbons (Fsp3) is 0.333. The molecule has 0 unspecified atom stereocenters. The maximum Gasteiger partial charge on any atom is 0.253 e. The Morgan fingerprint density at radius 2 is 1.70 bits per heavy atom. The van der Waals surface area contributed by atoms with Crippen molar-refractivity contribution < 1.29 is 9.59 Å². The van der Waals surface area contributed by atoms with E-state index < -0.39 is 0 Å². The van der Waals surface area contributed by atoms with Crippen molar-refractivity contribution in [3.8, 4) is 0 Å². The number of carbonyl (C=O) groups is 2. The van der Waals surface area contributed by atoms with Crippen molar-refractivity contribution >= 4 is 39.5 Å². The molecule has 4 nitrogen and oxygen atoms in total. The predicted octanol–water partition coefficient (Wildman–Crippen LogP) is 4.22. The van der Waals surface area contributed by atoms with E-state index >= 15 is 0 Å². The molecule has 0 atom stereocenters. The number of aryl methyl sites for hydroxylation is 1. The number of thioether (sulfide) groups is 1. The highest BCUT2D eigenvalue weighted by molar-refractivity contribution is 9.10. The van der Waals surface area contributed by atoms with Gasteiger partial charge in [-0.3, -0.25) is 9.59 Å². The minimum absolute atomic E-state index is 0.0530. The fourth-order valence-corrected chi connectivity index (χ4v) is 4.16. The van der Waals surface area contributed by atoms with E-state index in [1.807, 2.05) is 65.3 Å². The van der Waals surface area contributed by atoms with Gasteiger partial charge in [0.05, 0.1) is 5.75 Å². The van der Waals surface area contributed by atoms with Crippen molar-refractivity contribution in [3.05, 3.63) is 64.1 Å². The van der Waals surface area contributed by atoms with Gasteiger partial charge in [-0.05, 0) is 49.7 Å². The fourth-order valence-electron chi connectivity index (χ4n) is 3.10. The Hall–Kier alpha value is -1.79. The molecule has 2 aromatic rings. The molecule has 142 valence electrons. The lowest BCUT2D eigenvalue weighted by atomic mass is 10.1. The molecule has 1 aliphatic rings. The second kappa shape index (κ2) is 9.42. The van der Waals surface area contributed by atoms with Gasteiger partial charge in [0.2, 0.25) is 5.91 Å². The Morgan fingerprint density at radius 3 is 2.44 bits per heavy atom. The van der Waals surface area contributed by atoms with Crippen LogP contribution in [0.25, 0.3) is 0 Å². The molecular weight excluding hydrogens is 424 g/mol. The number of benzene rings is 2. The van der Waals surface area contributed by atoms with Crippen LogP contribution in [-0.4, -0.2) is 53.5 Å². The monoisotopic (exact) mass is 446 g/mol. The number of rotatable bonds is 4. The lowest BCUT2D eigenvalue weighted by molar-refractivity contribution is -0.128. The lowest BCUT2D eigenvalue weighted by Crippen LogP contribution is -2.38. The number of hydrogen-bond donors (Lipinski definition) is 0. The highest BCUT2D eigenvalue weighted by Gasteiger charge is 2.22. The SMILES string of the molecule is Cc1cccc(C(=O)N2CCCN(C(=O)CSc3ccc(Br)cc3)CC2)c1. The Labute approximate surface area is 173 Å². The summed E-state index contributed by atoms with van der Waals surface area (Å²) >= 11 is 4.97. The maximum atomic E-state index is 12.7. The first-order valence-electron chi connectivity index (χ1n) is 9.05. The molecule has 0 bridgehead atoms. The second-order valence-corrected chi connectivity index (χ2v) is 8.60. The van der Waals surface area contributed by atoms with Crippen LogP contribution in [0.15, 0.2) is 57.9 Å². The molecule has 1 heterocycles. The summed E-state index contributed by atoms with van der Waals surface area (Å²) in [6.45, 7) is 4.56. The average molecular weight is 447 g/mol. The molecule has 0 radical (unpaired) electrons. The average Bonchev–Trinajstić information content (AvgIpc) is 2.93. The van der Waals surface area contributed by atoms with Crippen LogP contribution in [0.5, 0.6) is 0 Å². The van der Waals surface area contributed by atoms with Crippen LogP contribution >= 0.6 is 27.7 Å². The number of halogens is 1. The van der Waals surface area contributed by atoms with Gasteiger partial charge in [0.15, 0.2) is 0 Å². The van der Waals surface area contributed by atoms with Crippen LogP contribution in [-0.2, 0) is 4.79 Å². The predicted molar refractivity (Wildman–Crippen MR) is 113 cm³/mol. The topological polar surface area (TPSA) is 40.6 Å². The van der Waals surface area contributed by atoms with E-state index in [9.17, 15) is 9.59 Å². The van der Waals surface area contributed by atoms with Gasteiger partial charge < -0.3 is 9.80 Å². The van der Waals surface area contributed by atoms with Crippen molar-refractivity contribution in [2.75, 3.05) is 31.9 Å². The van der Waals surface area contributed by atoms with Crippen molar-refractivity contribution in [2.45, 2.75) is 18.2 Å². The van der Waals surface area contributed by atoms with E-state index in [0.717, 1.165) is 26.9 Å². The quantitative estimate of drug-likeness (QED) is 0.659. The van der Waals surface area contributed by atoms with E-state index in [1.54, 1.807) is 11.8 Å². The molecule has 6 heteroatoms. The van der Waals surface area contributed by atoms with Gasteiger partial charge in [-0.15, -0.1) is 11.8 Å². The summed E-state index contributed by atoms with van der Waals surface area (Å²) in [6, 6.07) is 15.7. The van der Waals surface area contributed by atoms with E-state index in [2.05, 4.69) is 15.9 Å². The van der Waals surface area contributed by atoms with Crippen LogP contribution in [0, 0.1) is 6.92 Å². The highest BCUT2D eigenvalue weighted by Crippen LogP contribution is 2.21. The summed E-state index contributed by atoms with van der Waals surface area (Å²) in [5, 5.41) is 0. The largest absolute Gasteiger partial charge is 0.340 e. The maximum absolute atomic E-state index is 12.7. The van der Waals surface area contributed by atoms with E-state index in [1.165, 1.54) is 0 Å². The molecule has 2 aromatic carbocycles. The molecule has 2 amide bonds. The lowest BCUT2D eigenvalue weighted by Gasteiger charge is -2.22. The summed E-state index contributed by atoms with van der Waals surface area (Å²) in [5.74, 6) is 0.609. The molecule has 0 N–H and O–H groups in total. The van der Waals surface area contributed by atoms with Crippen molar-refractivity contribution in [1.82, 2.24) is 9.80 Å². The van der Waals surface area contributed by atoms with Gasteiger partial charge in [-0.1, -0.05) is 33.6 Å². The molecule has 1 saturated heterocycles. The zero-order chi connectivity index (χ0) is 19.2. The van der Waals surface area contributed by atoms with Gasteiger partial charge in [-0.2, -0.15) is 0 Å². The second-order valence-electron chi connectivity index (χ2n) is 6.64. The smallest absolute Gasteiger partial charge is 0.253 e. The summed E-state index contributed by atoms with van der Waals surface area (Å²) in [6.07, 6.45) is 0.812. The number of nitrogens with zero attached hydrogens (tertiary/aromatic N) is 2. The first kappa shape index (κ1) is 20.0. The summed E-state index contributed by atoms with van der Waals surface area (Å²) in [7, 11) is 0. The molecule has 0 aliphatic carbocycles. The third kappa shape index (κ3) is 5.59. The van der Waals surface area contributed by atoms with E-state index in [-0.39, 0.29) is 11.8 Å². The van der Waals surface area contributed by atoms with Gasteiger partial charge in [0, 0.05) is 41.1 Å². The highest BCUT2D eigenvalue weighted by atomic mass is 79.9. The Balaban J connectivity index is 1.53. The van der Waals surface area contributed by atoms with Crippen molar-refractivity contribution in [3.63, 3.8) is 0 Å². The molecule has 1 fully saturated rings. The van der Waals surface area contributed by atoms with Gasteiger partial charge in [0.1, 0.15) is 0 Å². The summed E-state index contributed by atoms with van der Waals surface area (Å²) < 4.78 is 1.03. The normalized spacial score (nSPS) is 14.7. The van der Waals surface area contributed by atoms with Gasteiger partial charge >= 0.3 is 0 Å². The third-order valence-electron chi connectivity index (χ3n) is 4.58. The molecule has 0 spiro atoms. The number of carbonyl (C=O) groups excluding carboxylic acids is 2. The molecule has 3 rings (SSSR count). The molecular formula is C21H23BrN2O2S. The first-order valence-corrected chi connectivity index (χ1v) is 10.8. The minimum atomic E-state index is 0.0530. The third-order valence-corrected chi connectivity index (χ3v) is 6.10. The molecule has 0 saturated carbocycles. The Morgan fingerprint density at radius 1 is 1.00 bits per heavy atom. The van der Waals surface area contributed by atoms with E-state index in [0.29, 0.717) is 31.9 Å². The molecule has 27 heavy (non-hydrogen) atoms. The van der Waals surface area contributed by atoms with Crippen LogP contribution in [0.2, 0.25) is 0 Å². The summed E-state index contributed by atoms with van der Waals surface area (Å²) in [4.78, 5) is 30.1. The number of amides is 2. The Kier molecular flexibility index (Phi) is 6.96. The zero-order valence-electron chi connectivity index (χ0n) is 15.4. The zero-order valence-corrected chi connectivity index (χ0v) is 17.8. The summed E-state index contributed by atoms with van der Waals surface area (Å²) in [5.41, 5.74) is 1.80. The number of hydrogen-bond acceptors (Lipinski definition) is 3.